The molecule has 5 nitrogen and oxygen atoms in total. The Labute approximate surface area is 157 Å². The lowest BCUT2D eigenvalue weighted by Crippen LogP contribution is -2.12. The number of carbonyl (C=O) groups excluding carboxylic acids is 1. The van der Waals surface area contributed by atoms with Crippen molar-refractivity contribution in [1.82, 2.24) is 10.2 Å². The summed E-state index contributed by atoms with van der Waals surface area (Å²) >= 11 is 3.12. The maximum Gasteiger partial charge on any atom is 0.226 e. The first-order valence-corrected chi connectivity index (χ1v) is 10.3. The van der Waals surface area contributed by atoms with Crippen LogP contribution in [0.4, 0.5) is 5.13 Å². The van der Waals surface area contributed by atoms with Crippen LogP contribution in [0.3, 0.4) is 0 Å². The van der Waals surface area contributed by atoms with Gasteiger partial charge in [-0.05, 0) is 38.3 Å². The Morgan fingerprint density at radius 3 is 2.88 bits per heavy atom. The van der Waals surface area contributed by atoms with Crippen molar-refractivity contribution >= 4 is 34.1 Å². The third-order valence-corrected chi connectivity index (χ3v) is 5.57. The van der Waals surface area contributed by atoms with Gasteiger partial charge in [-0.15, -0.1) is 10.2 Å². The van der Waals surface area contributed by atoms with Gasteiger partial charge in [0.15, 0.2) is 4.34 Å². The highest BCUT2D eigenvalue weighted by atomic mass is 32.2. The maximum atomic E-state index is 12.0. The number of amides is 1. The number of benzene rings is 1. The molecule has 2 rings (SSSR count). The number of rotatable bonds is 10. The minimum absolute atomic E-state index is 0.0505. The number of thioether (sulfide) groups is 1. The zero-order valence-corrected chi connectivity index (χ0v) is 16.6. The van der Waals surface area contributed by atoms with Crippen molar-refractivity contribution in [2.24, 2.45) is 0 Å². The number of hydrogen-bond acceptors (Lipinski definition) is 6. The highest BCUT2D eigenvalue weighted by Crippen LogP contribution is 2.26. The van der Waals surface area contributed by atoms with E-state index in [1.165, 1.54) is 23.3 Å². The Balaban J connectivity index is 1.67. The van der Waals surface area contributed by atoms with E-state index < -0.39 is 0 Å². The van der Waals surface area contributed by atoms with Crippen LogP contribution >= 0.6 is 23.1 Å². The molecule has 0 aliphatic rings. The third kappa shape index (κ3) is 7.04. The molecule has 25 heavy (non-hydrogen) atoms. The average Bonchev–Trinajstić information content (AvgIpc) is 3.01. The molecule has 1 aromatic heterocycles. The molecule has 136 valence electrons. The molecule has 0 bridgehead atoms. The zero-order valence-electron chi connectivity index (χ0n) is 15.0. The fraction of sp³-hybridized carbons (Fsp3) is 0.500. The van der Waals surface area contributed by atoms with Crippen LogP contribution in [-0.2, 0) is 4.79 Å². The van der Waals surface area contributed by atoms with Gasteiger partial charge in [-0.2, -0.15) is 0 Å². The first kappa shape index (κ1) is 19.7. The summed E-state index contributed by atoms with van der Waals surface area (Å²) in [4.78, 5) is 12.0. The molecule has 0 saturated carbocycles. The van der Waals surface area contributed by atoms with Crippen LogP contribution in [0.25, 0.3) is 0 Å². The van der Waals surface area contributed by atoms with E-state index in [0.717, 1.165) is 27.8 Å². The van der Waals surface area contributed by atoms with Crippen molar-refractivity contribution in [3.63, 3.8) is 0 Å². The number of unbranched alkanes of at least 4 members (excludes halogenated alkanes) is 1. The maximum absolute atomic E-state index is 12.0. The van der Waals surface area contributed by atoms with Gasteiger partial charge >= 0.3 is 0 Å². The number of aryl methyl sites for hydroxylation is 2. The fourth-order valence-electron chi connectivity index (χ4n) is 2.18. The highest BCUT2D eigenvalue weighted by Gasteiger charge is 2.09. The first-order valence-electron chi connectivity index (χ1n) is 8.54. The summed E-state index contributed by atoms with van der Waals surface area (Å²) in [5.74, 6) is 1.86. The van der Waals surface area contributed by atoms with E-state index in [4.69, 9.17) is 4.74 Å². The topological polar surface area (TPSA) is 64.1 Å². The smallest absolute Gasteiger partial charge is 0.226 e. The van der Waals surface area contributed by atoms with Crippen LogP contribution in [0, 0.1) is 13.8 Å². The predicted octanol–water partition coefficient (Wildman–Crippen LogP) is 4.84. The summed E-state index contributed by atoms with van der Waals surface area (Å²) in [5, 5.41) is 11.5. The lowest BCUT2D eigenvalue weighted by atomic mass is 10.1. The third-order valence-electron chi connectivity index (χ3n) is 3.51. The molecule has 1 heterocycles. The van der Waals surface area contributed by atoms with E-state index in [9.17, 15) is 4.79 Å². The molecule has 1 N–H and O–H groups in total. The zero-order chi connectivity index (χ0) is 18.1. The van der Waals surface area contributed by atoms with Crippen LogP contribution < -0.4 is 10.1 Å². The Hall–Kier alpha value is -1.60. The van der Waals surface area contributed by atoms with Crippen molar-refractivity contribution in [1.29, 1.82) is 0 Å². The minimum Gasteiger partial charge on any atom is -0.493 e. The SMILES string of the molecule is CCCCSc1nnc(NC(=O)CCCOc2ccc(C)cc2C)s1. The standard InChI is InChI=1S/C18H25N3O2S2/c1-4-5-11-24-18-21-20-17(25-18)19-16(22)7-6-10-23-15-9-8-13(2)12-14(15)3/h8-9,12H,4-7,10-11H2,1-3H3,(H,19,20,22). The number of nitrogens with one attached hydrogen (secondary N) is 1. The molecule has 1 aromatic carbocycles. The lowest BCUT2D eigenvalue weighted by molar-refractivity contribution is -0.116. The number of carbonyl (C=O) groups is 1. The minimum atomic E-state index is -0.0505. The highest BCUT2D eigenvalue weighted by molar-refractivity contribution is 8.01. The summed E-state index contributed by atoms with van der Waals surface area (Å²) in [7, 11) is 0. The van der Waals surface area contributed by atoms with E-state index in [0.29, 0.717) is 24.6 Å². The molecular formula is C18H25N3O2S2. The van der Waals surface area contributed by atoms with Gasteiger partial charge < -0.3 is 10.1 Å². The van der Waals surface area contributed by atoms with Crippen LogP contribution in [0.1, 0.15) is 43.7 Å². The largest absolute Gasteiger partial charge is 0.493 e. The molecule has 0 atom stereocenters. The van der Waals surface area contributed by atoms with E-state index in [2.05, 4.69) is 35.4 Å². The lowest BCUT2D eigenvalue weighted by Gasteiger charge is -2.09. The predicted molar refractivity (Wildman–Crippen MR) is 105 cm³/mol. The molecule has 0 aliphatic heterocycles. The molecule has 0 aliphatic carbocycles. The molecule has 2 aromatic rings. The molecule has 1 amide bonds. The Morgan fingerprint density at radius 1 is 1.28 bits per heavy atom. The van der Waals surface area contributed by atoms with Crippen molar-refractivity contribution in [3.8, 4) is 5.75 Å². The summed E-state index contributed by atoms with van der Waals surface area (Å²) in [6, 6.07) is 6.10. The number of hydrogen-bond donors (Lipinski definition) is 1. The van der Waals surface area contributed by atoms with Gasteiger partial charge in [0, 0.05) is 12.2 Å². The molecule has 0 saturated heterocycles. The normalized spacial score (nSPS) is 10.7. The van der Waals surface area contributed by atoms with Gasteiger partial charge in [0.2, 0.25) is 11.0 Å². The van der Waals surface area contributed by atoms with Crippen LogP contribution in [0.15, 0.2) is 22.5 Å². The number of ether oxygens (including phenoxy) is 1. The van der Waals surface area contributed by atoms with E-state index in [1.54, 1.807) is 11.8 Å². The second kappa shape index (κ2) is 10.4. The number of anilines is 1. The van der Waals surface area contributed by atoms with Crippen LogP contribution in [-0.4, -0.2) is 28.5 Å². The van der Waals surface area contributed by atoms with Crippen LogP contribution in [0.5, 0.6) is 5.75 Å². The molecule has 0 unspecified atom stereocenters. The van der Waals surface area contributed by atoms with Crippen molar-refractivity contribution in [3.05, 3.63) is 29.3 Å². The van der Waals surface area contributed by atoms with Gasteiger partial charge in [-0.25, -0.2) is 0 Å². The van der Waals surface area contributed by atoms with Crippen LogP contribution in [0.2, 0.25) is 0 Å². The summed E-state index contributed by atoms with van der Waals surface area (Å²) in [6.45, 7) is 6.77. The monoisotopic (exact) mass is 379 g/mol. The molecule has 0 radical (unpaired) electrons. The summed E-state index contributed by atoms with van der Waals surface area (Å²) in [6.07, 6.45) is 3.39. The quantitative estimate of drug-likeness (QED) is 0.363. The molecule has 7 heteroatoms. The van der Waals surface area contributed by atoms with E-state index >= 15 is 0 Å². The Bertz CT molecular complexity index is 689. The molecule has 0 fully saturated rings. The van der Waals surface area contributed by atoms with Gasteiger partial charge in [0.05, 0.1) is 6.61 Å². The van der Waals surface area contributed by atoms with E-state index in [1.807, 2.05) is 19.1 Å². The van der Waals surface area contributed by atoms with Gasteiger partial charge in [0.1, 0.15) is 5.75 Å². The summed E-state index contributed by atoms with van der Waals surface area (Å²) in [5.41, 5.74) is 2.33. The second-order valence-electron chi connectivity index (χ2n) is 5.84. The molecule has 0 spiro atoms. The average molecular weight is 380 g/mol. The van der Waals surface area contributed by atoms with Gasteiger partial charge in [-0.1, -0.05) is 54.1 Å². The Morgan fingerprint density at radius 2 is 2.12 bits per heavy atom. The number of nitrogens with zero attached hydrogens (tertiary/aromatic N) is 2. The van der Waals surface area contributed by atoms with Gasteiger partial charge in [-0.3, -0.25) is 4.79 Å². The van der Waals surface area contributed by atoms with Gasteiger partial charge in [0.25, 0.3) is 0 Å². The van der Waals surface area contributed by atoms with Crippen molar-refractivity contribution in [2.75, 3.05) is 17.7 Å². The van der Waals surface area contributed by atoms with Crippen molar-refractivity contribution in [2.45, 2.75) is 50.8 Å². The second-order valence-corrected chi connectivity index (χ2v) is 8.16. The number of aromatic nitrogens is 2. The summed E-state index contributed by atoms with van der Waals surface area (Å²) < 4.78 is 6.65. The Kier molecular flexibility index (Phi) is 8.21. The first-order chi connectivity index (χ1) is 12.1. The van der Waals surface area contributed by atoms with E-state index in [-0.39, 0.29) is 5.91 Å². The fourth-order valence-corrected chi connectivity index (χ4v) is 4.10. The van der Waals surface area contributed by atoms with Crippen molar-refractivity contribution < 1.29 is 9.53 Å². The molecular weight excluding hydrogens is 354 g/mol.